The minimum absolute atomic E-state index is 0.00289. The number of aromatic hydroxyl groups is 1. The van der Waals surface area contributed by atoms with Crippen LogP contribution in [0.25, 0.3) is 27.9 Å². The van der Waals surface area contributed by atoms with Crippen molar-refractivity contribution in [2.75, 3.05) is 0 Å². The molecule has 5 nitrogen and oxygen atoms in total. The third-order valence-corrected chi connectivity index (χ3v) is 5.60. The summed E-state index contributed by atoms with van der Waals surface area (Å²) in [6, 6.07) is 17.0. The first-order valence-corrected chi connectivity index (χ1v) is 9.14. The average Bonchev–Trinajstić information content (AvgIpc) is 3.06. The zero-order chi connectivity index (χ0) is 18.7. The first kappa shape index (κ1) is 16.1. The molecule has 1 aliphatic carbocycles. The molecule has 2 heterocycles. The molecule has 27 heavy (non-hydrogen) atoms. The Morgan fingerprint density at radius 3 is 2.48 bits per heavy atom. The summed E-state index contributed by atoms with van der Waals surface area (Å²) in [5.74, 6) is -0.394. The molecule has 1 N–H and O–H groups in total. The Hall–Kier alpha value is -3.12. The molecule has 4 aromatic rings. The molecule has 0 saturated heterocycles. The molecule has 0 saturated carbocycles. The Bertz CT molecular complexity index is 1350. The van der Waals surface area contributed by atoms with E-state index in [1.54, 1.807) is 4.57 Å². The van der Waals surface area contributed by atoms with Crippen LogP contribution in [0.4, 0.5) is 0 Å². The number of hydrogen-bond donors (Lipinski definition) is 1. The van der Waals surface area contributed by atoms with Crippen LogP contribution in [-0.4, -0.2) is 9.67 Å². The summed E-state index contributed by atoms with van der Waals surface area (Å²) in [6.45, 7) is 0. The smallest absolute Gasteiger partial charge is 0.354 e. The topological polar surface area (TPSA) is 72.4 Å². The maximum atomic E-state index is 13.4. The van der Waals surface area contributed by atoms with Crippen molar-refractivity contribution in [2.45, 2.75) is 6.42 Å². The summed E-state index contributed by atoms with van der Waals surface area (Å²) in [6.07, 6.45) is 0.513. The fraction of sp³-hybridized carbons (Fsp3) is 0.0476. The zero-order valence-electron chi connectivity index (χ0n) is 13.9. The highest BCUT2D eigenvalue weighted by Crippen LogP contribution is 2.42. The van der Waals surface area contributed by atoms with Crippen molar-refractivity contribution in [1.82, 2.24) is 4.57 Å². The van der Waals surface area contributed by atoms with Crippen molar-refractivity contribution < 1.29 is 9.52 Å². The Morgan fingerprint density at radius 1 is 1.00 bits per heavy atom. The quantitative estimate of drug-likeness (QED) is 0.444. The van der Waals surface area contributed by atoms with Crippen molar-refractivity contribution in [1.29, 1.82) is 0 Å². The minimum atomic E-state index is -0.713. The van der Waals surface area contributed by atoms with E-state index in [-0.39, 0.29) is 15.4 Å². The van der Waals surface area contributed by atoms with Crippen LogP contribution in [0.2, 0.25) is 0 Å². The molecule has 6 heteroatoms. The lowest BCUT2D eigenvalue weighted by Crippen LogP contribution is -2.22. The van der Waals surface area contributed by atoms with Gasteiger partial charge in [-0.25, -0.2) is 4.79 Å². The van der Waals surface area contributed by atoms with E-state index in [2.05, 4.69) is 15.9 Å². The maximum Gasteiger partial charge on any atom is 0.354 e. The van der Waals surface area contributed by atoms with E-state index in [1.807, 2.05) is 54.6 Å². The van der Waals surface area contributed by atoms with Crippen LogP contribution in [0.15, 0.2) is 73.1 Å². The number of halogens is 1. The highest BCUT2D eigenvalue weighted by atomic mass is 79.9. The molecular weight excluding hydrogens is 410 g/mol. The van der Waals surface area contributed by atoms with Crippen molar-refractivity contribution >= 4 is 26.9 Å². The largest absolute Gasteiger partial charge is 0.506 e. The second-order valence-corrected chi connectivity index (χ2v) is 7.19. The third-order valence-electron chi connectivity index (χ3n) is 4.90. The third kappa shape index (κ3) is 2.16. The molecule has 0 spiro atoms. The monoisotopic (exact) mass is 421 g/mol. The molecule has 5 rings (SSSR count). The number of benzene rings is 2. The zero-order valence-corrected chi connectivity index (χ0v) is 15.5. The molecule has 0 atom stereocenters. The molecule has 0 amide bonds. The van der Waals surface area contributed by atoms with E-state index in [0.717, 1.165) is 16.7 Å². The van der Waals surface area contributed by atoms with Crippen LogP contribution < -0.4 is 11.2 Å². The summed E-state index contributed by atoms with van der Waals surface area (Å²) in [5, 5.41) is 10.5. The van der Waals surface area contributed by atoms with Gasteiger partial charge in [-0.3, -0.25) is 9.36 Å². The highest BCUT2D eigenvalue weighted by Gasteiger charge is 2.30. The second-order valence-electron chi connectivity index (χ2n) is 6.39. The van der Waals surface area contributed by atoms with Crippen molar-refractivity contribution in [2.24, 2.45) is 0 Å². The number of rotatable bonds is 1. The van der Waals surface area contributed by atoms with Crippen molar-refractivity contribution in [3.8, 4) is 22.7 Å². The molecule has 1 aliphatic rings. The minimum Gasteiger partial charge on any atom is -0.506 e. The summed E-state index contributed by atoms with van der Waals surface area (Å²) in [7, 11) is 0. The van der Waals surface area contributed by atoms with Crippen LogP contribution in [0, 0.1) is 0 Å². The lowest BCUT2D eigenvalue weighted by Gasteiger charge is -2.15. The van der Waals surface area contributed by atoms with Gasteiger partial charge in [-0.05, 0) is 33.6 Å². The Kier molecular flexibility index (Phi) is 3.39. The first-order valence-electron chi connectivity index (χ1n) is 8.35. The van der Waals surface area contributed by atoms with Gasteiger partial charge in [0.25, 0.3) is 5.56 Å². The number of hydrogen-bond acceptors (Lipinski definition) is 4. The van der Waals surface area contributed by atoms with Crippen LogP contribution in [-0.2, 0) is 6.42 Å². The van der Waals surface area contributed by atoms with Gasteiger partial charge < -0.3 is 9.52 Å². The molecule has 0 fully saturated rings. The summed E-state index contributed by atoms with van der Waals surface area (Å²) in [4.78, 5) is 25.5. The van der Waals surface area contributed by atoms with Crippen LogP contribution in [0.3, 0.4) is 0 Å². The van der Waals surface area contributed by atoms with E-state index in [0.29, 0.717) is 17.8 Å². The van der Waals surface area contributed by atoms with Gasteiger partial charge in [0.1, 0.15) is 9.86 Å². The summed E-state index contributed by atoms with van der Waals surface area (Å²) >= 11 is 3.02. The SMILES string of the molecule is O=c1oc2c3c(n(-c4ccccc4)c(=O)c2c(O)c1Br)-c1ccccc1C3. The van der Waals surface area contributed by atoms with E-state index in [1.165, 1.54) is 0 Å². The van der Waals surface area contributed by atoms with Crippen LogP contribution in [0.5, 0.6) is 5.75 Å². The van der Waals surface area contributed by atoms with E-state index < -0.39 is 16.9 Å². The molecule has 132 valence electrons. The molecule has 0 unspecified atom stereocenters. The second kappa shape index (κ2) is 5.69. The standard InChI is InChI=1S/C21H12BrNO4/c22-16-18(24)15-19(27-21(16)26)14-10-11-6-4-5-9-13(11)17(14)23(20(15)25)12-7-2-1-3-8-12/h1-9,24H,10H2. The van der Waals surface area contributed by atoms with Gasteiger partial charge in [0, 0.05) is 23.2 Å². The van der Waals surface area contributed by atoms with E-state index in [4.69, 9.17) is 4.42 Å². The molecule has 2 aromatic heterocycles. The van der Waals surface area contributed by atoms with Crippen molar-refractivity contribution in [3.05, 3.63) is 91.0 Å². The Balaban J connectivity index is 2.06. The van der Waals surface area contributed by atoms with Gasteiger partial charge in [-0.15, -0.1) is 0 Å². The molecule has 0 bridgehead atoms. The van der Waals surface area contributed by atoms with Crippen LogP contribution in [0.1, 0.15) is 11.1 Å². The Morgan fingerprint density at radius 2 is 1.70 bits per heavy atom. The predicted octanol–water partition coefficient (Wildman–Crippen LogP) is 3.98. The van der Waals surface area contributed by atoms with Crippen LogP contribution >= 0.6 is 15.9 Å². The van der Waals surface area contributed by atoms with Gasteiger partial charge in [-0.2, -0.15) is 0 Å². The van der Waals surface area contributed by atoms with E-state index in [9.17, 15) is 14.7 Å². The summed E-state index contributed by atoms with van der Waals surface area (Å²) in [5.41, 5.74) is 3.04. The predicted molar refractivity (Wildman–Crippen MR) is 106 cm³/mol. The lowest BCUT2D eigenvalue weighted by atomic mass is 10.1. The molecule has 2 aromatic carbocycles. The Labute approximate surface area is 161 Å². The number of aromatic nitrogens is 1. The average molecular weight is 422 g/mol. The van der Waals surface area contributed by atoms with Gasteiger partial charge in [0.2, 0.25) is 0 Å². The maximum absolute atomic E-state index is 13.4. The number of para-hydroxylation sites is 1. The highest BCUT2D eigenvalue weighted by molar-refractivity contribution is 9.10. The number of fused-ring (bicyclic) bond motifs is 5. The molecule has 0 aliphatic heterocycles. The normalized spacial score (nSPS) is 12.2. The number of nitrogens with zero attached hydrogens (tertiary/aromatic N) is 1. The fourth-order valence-corrected chi connectivity index (χ4v) is 4.01. The van der Waals surface area contributed by atoms with Gasteiger partial charge in [0.15, 0.2) is 11.3 Å². The first-order chi connectivity index (χ1) is 13.1. The van der Waals surface area contributed by atoms with Gasteiger partial charge in [-0.1, -0.05) is 42.5 Å². The molecule has 0 radical (unpaired) electrons. The lowest BCUT2D eigenvalue weighted by molar-refractivity contribution is 0.461. The van der Waals surface area contributed by atoms with Gasteiger partial charge >= 0.3 is 5.63 Å². The van der Waals surface area contributed by atoms with Gasteiger partial charge in [0.05, 0.1) is 5.69 Å². The van der Waals surface area contributed by atoms with E-state index >= 15 is 0 Å². The summed E-state index contributed by atoms with van der Waals surface area (Å²) < 4.78 is 6.87. The number of pyridine rings is 1. The molecular formula is C21H12BrNO4. The van der Waals surface area contributed by atoms with Crippen molar-refractivity contribution in [3.63, 3.8) is 0 Å². The fourth-order valence-electron chi connectivity index (χ4n) is 3.74.